The van der Waals surface area contributed by atoms with Crippen LogP contribution in [0, 0.1) is 12.7 Å². The van der Waals surface area contributed by atoms with Gasteiger partial charge >= 0.3 is 11.7 Å². The predicted octanol–water partition coefficient (Wildman–Crippen LogP) is 3.74. The third kappa shape index (κ3) is 5.09. The van der Waals surface area contributed by atoms with Crippen LogP contribution in [0.15, 0.2) is 77.0 Å². The van der Waals surface area contributed by atoms with Gasteiger partial charge in [0.1, 0.15) is 5.82 Å². The van der Waals surface area contributed by atoms with Crippen molar-refractivity contribution in [1.29, 1.82) is 0 Å². The topological polar surface area (TPSA) is 93.2 Å². The molecule has 2 aromatic carbocycles. The number of aromatic nitrogens is 2. The summed E-state index contributed by atoms with van der Waals surface area (Å²) in [4.78, 5) is 40.2. The highest BCUT2D eigenvalue weighted by atomic mass is 32.1. The van der Waals surface area contributed by atoms with Gasteiger partial charge in [0, 0.05) is 16.8 Å². The Hall–Kier alpha value is -3.98. The highest BCUT2D eigenvalue weighted by Gasteiger charge is 2.19. The van der Waals surface area contributed by atoms with Crippen LogP contribution in [0.5, 0.6) is 0 Å². The highest BCUT2D eigenvalue weighted by molar-refractivity contribution is 7.10. The molecule has 1 unspecified atom stereocenters. The fourth-order valence-electron chi connectivity index (χ4n) is 3.37. The molecule has 168 valence electrons. The van der Waals surface area contributed by atoms with Crippen molar-refractivity contribution in [1.82, 2.24) is 14.9 Å². The standard InChI is InChI=1S/C24H20FN3O4S/c1-15-13-26-24(31)28(15)19-10-6-17(7-11-19)23(30)32-14-21(29)27-22(20-3-2-12-33-20)16-4-8-18(25)9-5-16/h2-13,22H,14H2,1H3,(H,26,31)(H,27,29). The summed E-state index contributed by atoms with van der Waals surface area (Å²) < 4.78 is 19.9. The smallest absolute Gasteiger partial charge is 0.338 e. The Morgan fingerprint density at radius 1 is 1.12 bits per heavy atom. The van der Waals surface area contributed by atoms with Crippen molar-refractivity contribution in [2.75, 3.05) is 6.61 Å². The minimum Gasteiger partial charge on any atom is -0.452 e. The number of thiophene rings is 1. The molecule has 0 aliphatic carbocycles. The number of H-pyrrole nitrogens is 1. The largest absolute Gasteiger partial charge is 0.452 e. The molecule has 1 amide bonds. The second kappa shape index (κ2) is 9.66. The minimum absolute atomic E-state index is 0.251. The average Bonchev–Trinajstić information content (AvgIpc) is 3.46. The molecule has 0 saturated carbocycles. The number of carbonyl (C=O) groups excluding carboxylic acids is 2. The molecule has 1 atom stereocenters. The monoisotopic (exact) mass is 465 g/mol. The number of halogens is 1. The highest BCUT2D eigenvalue weighted by Crippen LogP contribution is 2.26. The number of nitrogens with one attached hydrogen (secondary N) is 2. The molecular formula is C24H20FN3O4S. The van der Waals surface area contributed by atoms with Crippen LogP contribution < -0.4 is 11.0 Å². The van der Waals surface area contributed by atoms with Gasteiger partial charge in [-0.1, -0.05) is 18.2 Å². The number of nitrogens with zero attached hydrogens (tertiary/aromatic N) is 1. The van der Waals surface area contributed by atoms with E-state index in [2.05, 4.69) is 10.3 Å². The number of hydrogen-bond acceptors (Lipinski definition) is 5. The van der Waals surface area contributed by atoms with Crippen molar-refractivity contribution >= 4 is 23.2 Å². The van der Waals surface area contributed by atoms with E-state index in [-0.39, 0.29) is 17.1 Å². The first-order chi connectivity index (χ1) is 15.9. The predicted molar refractivity (Wildman–Crippen MR) is 122 cm³/mol. The zero-order valence-electron chi connectivity index (χ0n) is 17.6. The Labute approximate surface area is 192 Å². The first-order valence-corrected chi connectivity index (χ1v) is 10.9. The van der Waals surface area contributed by atoms with E-state index < -0.39 is 24.5 Å². The normalized spacial score (nSPS) is 11.7. The number of aryl methyl sites for hydroxylation is 1. The van der Waals surface area contributed by atoms with Gasteiger partial charge in [0.05, 0.1) is 17.3 Å². The van der Waals surface area contributed by atoms with Crippen LogP contribution in [0.4, 0.5) is 4.39 Å². The Balaban J connectivity index is 1.40. The molecule has 0 aliphatic heterocycles. The summed E-state index contributed by atoms with van der Waals surface area (Å²) in [6, 6.07) is 15.4. The summed E-state index contributed by atoms with van der Waals surface area (Å²) in [5.41, 5.74) is 2.02. The number of aromatic amines is 1. The first-order valence-electron chi connectivity index (χ1n) is 10.0. The quantitative estimate of drug-likeness (QED) is 0.407. The van der Waals surface area contributed by atoms with Gasteiger partial charge < -0.3 is 15.0 Å². The molecule has 7 nitrogen and oxygen atoms in total. The maximum Gasteiger partial charge on any atom is 0.338 e. The summed E-state index contributed by atoms with van der Waals surface area (Å²) in [6.45, 7) is 1.31. The molecule has 0 saturated heterocycles. The molecule has 0 fully saturated rings. The molecule has 4 rings (SSSR count). The number of hydrogen-bond donors (Lipinski definition) is 2. The lowest BCUT2D eigenvalue weighted by atomic mass is 10.1. The van der Waals surface area contributed by atoms with E-state index in [0.717, 1.165) is 10.6 Å². The van der Waals surface area contributed by atoms with Gasteiger partial charge in [0.2, 0.25) is 0 Å². The molecular weight excluding hydrogens is 445 g/mol. The van der Waals surface area contributed by atoms with Crippen molar-refractivity contribution in [2.45, 2.75) is 13.0 Å². The zero-order valence-corrected chi connectivity index (χ0v) is 18.4. The number of carbonyl (C=O) groups is 2. The van der Waals surface area contributed by atoms with Crippen LogP contribution in [0.1, 0.15) is 32.5 Å². The van der Waals surface area contributed by atoms with Crippen molar-refractivity contribution in [2.24, 2.45) is 0 Å². The van der Waals surface area contributed by atoms with Gasteiger partial charge in [-0.2, -0.15) is 0 Å². The number of esters is 1. The van der Waals surface area contributed by atoms with Crippen LogP contribution in [-0.4, -0.2) is 28.0 Å². The maximum atomic E-state index is 13.3. The molecule has 33 heavy (non-hydrogen) atoms. The molecule has 2 heterocycles. The summed E-state index contributed by atoms with van der Waals surface area (Å²) in [5.74, 6) is -1.52. The Morgan fingerprint density at radius 3 is 2.45 bits per heavy atom. The molecule has 2 N–H and O–H groups in total. The lowest BCUT2D eigenvalue weighted by Gasteiger charge is -2.18. The van der Waals surface area contributed by atoms with Crippen molar-refractivity contribution in [3.63, 3.8) is 0 Å². The fraction of sp³-hybridized carbons (Fsp3) is 0.125. The van der Waals surface area contributed by atoms with Crippen molar-refractivity contribution in [3.8, 4) is 5.69 Å². The number of ether oxygens (including phenoxy) is 1. The van der Waals surface area contributed by atoms with Gasteiger partial charge in [0.15, 0.2) is 6.61 Å². The summed E-state index contributed by atoms with van der Waals surface area (Å²) in [6.07, 6.45) is 1.60. The Bertz CT molecular complexity index is 1310. The lowest BCUT2D eigenvalue weighted by Crippen LogP contribution is -2.32. The molecule has 0 aliphatic rings. The number of rotatable bonds is 7. The van der Waals surface area contributed by atoms with Gasteiger partial charge in [-0.15, -0.1) is 11.3 Å². The van der Waals surface area contributed by atoms with E-state index in [9.17, 15) is 18.8 Å². The number of imidazole rings is 1. The zero-order chi connectivity index (χ0) is 23.4. The van der Waals surface area contributed by atoms with E-state index in [1.807, 2.05) is 17.5 Å². The SMILES string of the molecule is Cc1c[nH]c(=O)n1-c1ccc(C(=O)OCC(=O)NC(c2ccc(F)cc2)c2cccs2)cc1. The Kier molecular flexibility index (Phi) is 6.50. The molecule has 0 bridgehead atoms. The van der Waals surface area contributed by atoms with Crippen LogP contribution in [0.3, 0.4) is 0 Å². The lowest BCUT2D eigenvalue weighted by molar-refractivity contribution is -0.124. The summed E-state index contributed by atoms with van der Waals surface area (Å²) >= 11 is 1.45. The van der Waals surface area contributed by atoms with Crippen molar-refractivity contribution < 1.29 is 18.7 Å². The number of amides is 1. The van der Waals surface area contributed by atoms with Gasteiger partial charge in [-0.3, -0.25) is 9.36 Å². The van der Waals surface area contributed by atoms with Gasteiger partial charge in [-0.25, -0.2) is 14.0 Å². The van der Waals surface area contributed by atoms with E-state index in [4.69, 9.17) is 4.74 Å². The second-order valence-corrected chi connectivity index (χ2v) is 8.24. The molecule has 0 spiro atoms. The van der Waals surface area contributed by atoms with Crippen molar-refractivity contribution in [3.05, 3.63) is 110 Å². The fourth-order valence-corrected chi connectivity index (χ4v) is 4.17. The minimum atomic E-state index is -0.663. The maximum absolute atomic E-state index is 13.3. The second-order valence-electron chi connectivity index (χ2n) is 7.26. The molecule has 2 aromatic heterocycles. The Morgan fingerprint density at radius 2 is 1.85 bits per heavy atom. The van der Waals surface area contributed by atoms with Crippen LogP contribution in [0.25, 0.3) is 5.69 Å². The van der Waals surface area contributed by atoms with Crippen LogP contribution in [0.2, 0.25) is 0 Å². The third-order valence-corrected chi connectivity index (χ3v) is 5.93. The average molecular weight is 466 g/mol. The van der Waals surface area contributed by atoms with Gasteiger partial charge in [-0.05, 0) is 60.3 Å². The molecule has 9 heteroatoms. The van der Waals surface area contributed by atoms with E-state index in [0.29, 0.717) is 11.3 Å². The van der Waals surface area contributed by atoms with Crippen LogP contribution >= 0.6 is 11.3 Å². The number of benzene rings is 2. The van der Waals surface area contributed by atoms with Crippen LogP contribution in [-0.2, 0) is 9.53 Å². The summed E-state index contributed by atoms with van der Waals surface area (Å²) in [7, 11) is 0. The van der Waals surface area contributed by atoms with E-state index in [1.54, 1.807) is 37.4 Å². The third-order valence-electron chi connectivity index (χ3n) is 4.99. The van der Waals surface area contributed by atoms with E-state index >= 15 is 0 Å². The molecule has 4 aromatic rings. The summed E-state index contributed by atoms with van der Waals surface area (Å²) in [5, 5.41) is 4.71. The van der Waals surface area contributed by atoms with Gasteiger partial charge in [0.25, 0.3) is 5.91 Å². The molecule has 0 radical (unpaired) electrons. The first kappa shape index (κ1) is 22.2. The van der Waals surface area contributed by atoms with E-state index in [1.165, 1.54) is 40.2 Å².